The highest BCUT2D eigenvalue weighted by Crippen LogP contribution is 2.23. The van der Waals surface area contributed by atoms with Crippen LogP contribution >= 0.6 is 11.6 Å². The van der Waals surface area contributed by atoms with E-state index >= 15 is 0 Å². The molecule has 1 heterocycles. The first-order valence-corrected chi connectivity index (χ1v) is 10.2. The van der Waals surface area contributed by atoms with Crippen LogP contribution in [-0.4, -0.2) is 31.5 Å². The summed E-state index contributed by atoms with van der Waals surface area (Å²) in [5.74, 6) is -0.672. The van der Waals surface area contributed by atoms with Crippen molar-refractivity contribution < 1.29 is 22.3 Å². The van der Waals surface area contributed by atoms with Crippen molar-refractivity contribution in [2.24, 2.45) is 4.40 Å². The zero-order chi connectivity index (χ0) is 21.2. The van der Waals surface area contributed by atoms with Gasteiger partial charge in [0, 0.05) is 11.9 Å². The van der Waals surface area contributed by atoms with Gasteiger partial charge in [-0.1, -0.05) is 23.7 Å². The Kier molecular flexibility index (Phi) is 5.90. The number of halogens is 2. The van der Waals surface area contributed by atoms with Gasteiger partial charge in [0.1, 0.15) is 11.6 Å². The highest BCUT2D eigenvalue weighted by atomic mass is 35.5. The van der Waals surface area contributed by atoms with Crippen LogP contribution in [0.2, 0.25) is 5.02 Å². The van der Waals surface area contributed by atoms with Gasteiger partial charge in [0.2, 0.25) is 0 Å². The second-order valence-corrected chi connectivity index (χ2v) is 8.13. The van der Waals surface area contributed by atoms with E-state index < -0.39 is 21.9 Å². The number of hydrogen-bond donors (Lipinski definition) is 1. The number of amides is 1. The maximum absolute atomic E-state index is 13.6. The Labute approximate surface area is 172 Å². The molecule has 29 heavy (non-hydrogen) atoms. The third-order valence-corrected chi connectivity index (χ3v) is 5.77. The lowest BCUT2D eigenvalue weighted by Crippen LogP contribution is -2.32. The van der Waals surface area contributed by atoms with E-state index in [1.54, 1.807) is 24.3 Å². The molecule has 0 fully saturated rings. The molecule has 1 amide bonds. The molecule has 0 bridgehead atoms. The Bertz CT molecular complexity index is 1110. The molecule has 0 unspecified atom stereocenters. The summed E-state index contributed by atoms with van der Waals surface area (Å²) in [6, 6.07) is 10.6. The summed E-state index contributed by atoms with van der Waals surface area (Å²) < 4.78 is 48.1. The van der Waals surface area contributed by atoms with Crippen LogP contribution in [0.3, 0.4) is 0 Å². The van der Waals surface area contributed by atoms with Gasteiger partial charge in [-0.05, 0) is 42.8 Å². The van der Waals surface area contributed by atoms with Gasteiger partial charge in [-0.15, -0.1) is 4.40 Å². The van der Waals surface area contributed by atoms with E-state index in [1.165, 1.54) is 32.4 Å². The molecule has 1 aliphatic rings. The first kappa shape index (κ1) is 20.8. The van der Waals surface area contributed by atoms with Crippen LogP contribution in [0.15, 0.2) is 58.6 Å². The molecule has 1 aliphatic heterocycles. The third kappa shape index (κ3) is 4.75. The zero-order valence-corrected chi connectivity index (χ0v) is 17.1. The lowest BCUT2D eigenvalue weighted by atomic mass is 10.1. The summed E-state index contributed by atoms with van der Waals surface area (Å²) in [5, 5.41) is 2.44. The van der Waals surface area contributed by atoms with Gasteiger partial charge in [-0.25, -0.2) is 4.39 Å². The summed E-state index contributed by atoms with van der Waals surface area (Å²) in [4.78, 5) is 12.6. The second-order valence-electron chi connectivity index (χ2n) is 6.17. The average molecular weight is 438 g/mol. The summed E-state index contributed by atoms with van der Waals surface area (Å²) in [6.45, 7) is 1.39. The van der Waals surface area contributed by atoms with Crippen molar-refractivity contribution in [2.45, 2.75) is 13.5 Å². The van der Waals surface area contributed by atoms with Crippen LogP contribution in [0.4, 0.5) is 10.1 Å². The number of benzene rings is 2. The van der Waals surface area contributed by atoms with Crippen LogP contribution < -0.4 is 10.1 Å². The molecule has 0 aliphatic carbocycles. The van der Waals surface area contributed by atoms with Crippen LogP contribution in [0, 0.1) is 5.82 Å². The fraction of sp³-hybridized carbons (Fsp3) is 0.158. The standard InChI is InChI=1S/C19H17ClFN3O4S/c1-12-16(19(25)22-14-5-8-17(20)18(21)9-14)11-24(29(26,27)23-12)10-13-3-6-15(28-2)7-4-13/h3-9,11H,10H2,1-2H3,(H,22,25). The van der Waals surface area contributed by atoms with E-state index in [0.717, 1.165) is 10.4 Å². The number of nitrogens with one attached hydrogen (secondary N) is 1. The highest BCUT2D eigenvalue weighted by molar-refractivity contribution is 7.88. The highest BCUT2D eigenvalue weighted by Gasteiger charge is 2.28. The van der Waals surface area contributed by atoms with Gasteiger partial charge in [0.15, 0.2) is 0 Å². The molecular formula is C19H17ClFN3O4S. The quantitative estimate of drug-likeness (QED) is 0.775. The van der Waals surface area contributed by atoms with E-state index in [1.807, 2.05) is 0 Å². The molecule has 2 aromatic carbocycles. The molecule has 1 N–H and O–H groups in total. The zero-order valence-electron chi connectivity index (χ0n) is 15.5. The Morgan fingerprint density at radius 3 is 2.55 bits per heavy atom. The summed E-state index contributed by atoms with van der Waals surface area (Å²) >= 11 is 5.64. The number of nitrogens with zero attached hydrogens (tertiary/aromatic N) is 2. The first-order chi connectivity index (χ1) is 13.7. The van der Waals surface area contributed by atoms with E-state index in [-0.39, 0.29) is 28.5 Å². The third-order valence-electron chi connectivity index (χ3n) is 4.13. The molecule has 0 spiro atoms. The number of carbonyl (C=O) groups excluding carboxylic acids is 1. The Morgan fingerprint density at radius 2 is 1.93 bits per heavy atom. The van der Waals surface area contributed by atoms with Crippen LogP contribution in [0.1, 0.15) is 12.5 Å². The maximum Gasteiger partial charge on any atom is 0.344 e. The van der Waals surface area contributed by atoms with Gasteiger partial charge in [0.05, 0.1) is 30.0 Å². The lowest BCUT2D eigenvalue weighted by molar-refractivity contribution is -0.112. The Hall–Kier alpha value is -2.91. The maximum atomic E-state index is 13.6. The van der Waals surface area contributed by atoms with Crippen molar-refractivity contribution in [3.63, 3.8) is 0 Å². The summed E-state index contributed by atoms with van der Waals surface area (Å²) in [6.07, 6.45) is 1.21. The van der Waals surface area contributed by atoms with Crippen molar-refractivity contribution in [1.29, 1.82) is 0 Å². The van der Waals surface area contributed by atoms with E-state index in [9.17, 15) is 17.6 Å². The largest absolute Gasteiger partial charge is 0.497 e. The van der Waals surface area contributed by atoms with Crippen molar-refractivity contribution in [3.8, 4) is 5.75 Å². The van der Waals surface area contributed by atoms with E-state index in [4.69, 9.17) is 16.3 Å². The first-order valence-electron chi connectivity index (χ1n) is 8.39. The SMILES string of the molecule is COc1ccc(CN2C=C(C(=O)Nc3ccc(Cl)c(F)c3)C(C)=NS2(=O)=O)cc1. The van der Waals surface area contributed by atoms with Gasteiger partial charge in [-0.2, -0.15) is 8.42 Å². The van der Waals surface area contributed by atoms with E-state index in [0.29, 0.717) is 11.3 Å². The van der Waals surface area contributed by atoms with Crippen molar-refractivity contribution >= 4 is 39.1 Å². The van der Waals surface area contributed by atoms with Crippen LogP contribution in [0.25, 0.3) is 0 Å². The summed E-state index contributed by atoms with van der Waals surface area (Å²) in [5.41, 5.74) is 0.937. The number of hydrogen-bond acceptors (Lipinski definition) is 4. The Balaban J connectivity index is 1.85. The normalized spacial score (nSPS) is 15.4. The molecule has 0 atom stereocenters. The molecule has 0 saturated carbocycles. The Morgan fingerprint density at radius 1 is 1.24 bits per heavy atom. The molecule has 7 nitrogen and oxygen atoms in total. The number of carbonyl (C=O) groups is 1. The molecule has 2 aromatic rings. The minimum Gasteiger partial charge on any atom is -0.497 e. The van der Waals surface area contributed by atoms with Crippen molar-refractivity contribution in [2.75, 3.05) is 12.4 Å². The minimum atomic E-state index is -3.98. The molecule has 0 aromatic heterocycles. The molecular weight excluding hydrogens is 421 g/mol. The fourth-order valence-electron chi connectivity index (χ4n) is 2.61. The lowest BCUT2D eigenvalue weighted by Gasteiger charge is -2.23. The number of anilines is 1. The fourth-order valence-corrected chi connectivity index (χ4v) is 3.83. The molecule has 3 rings (SSSR count). The predicted octanol–water partition coefficient (Wildman–Crippen LogP) is 3.53. The van der Waals surface area contributed by atoms with Crippen LogP contribution in [0.5, 0.6) is 5.75 Å². The minimum absolute atomic E-state index is 0.0184. The van der Waals surface area contributed by atoms with E-state index in [2.05, 4.69) is 9.71 Å². The van der Waals surface area contributed by atoms with Crippen molar-refractivity contribution in [1.82, 2.24) is 4.31 Å². The summed E-state index contributed by atoms with van der Waals surface area (Å²) in [7, 11) is -2.45. The average Bonchev–Trinajstić information content (AvgIpc) is 2.67. The monoisotopic (exact) mass is 437 g/mol. The molecule has 0 saturated heterocycles. The van der Waals surface area contributed by atoms with Crippen molar-refractivity contribution in [3.05, 3.63) is 70.6 Å². The second kappa shape index (κ2) is 8.22. The topological polar surface area (TPSA) is 88.1 Å². The molecule has 10 heteroatoms. The van der Waals surface area contributed by atoms with Crippen LogP contribution in [-0.2, 0) is 21.5 Å². The number of methoxy groups -OCH3 is 1. The van der Waals surface area contributed by atoms with Gasteiger partial charge in [-0.3, -0.25) is 9.10 Å². The number of rotatable bonds is 5. The van der Waals surface area contributed by atoms with Gasteiger partial charge in [0.25, 0.3) is 5.91 Å². The predicted molar refractivity (Wildman–Crippen MR) is 109 cm³/mol. The molecule has 0 radical (unpaired) electrons. The molecule has 152 valence electrons. The number of ether oxygens (including phenoxy) is 1. The smallest absolute Gasteiger partial charge is 0.344 e. The van der Waals surface area contributed by atoms with Gasteiger partial charge < -0.3 is 10.1 Å². The van der Waals surface area contributed by atoms with Gasteiger partial charge >= 0.3 is 10.2 Å².